The third-order valence-electron chi connectivity index (χ3n) is 1.96. The highest BCUT2D eigenvalue weighted by Crippen LogP contribution is 2.26. The molecule has 0 unspecified atom stereocenters. The number of pyridine rings is 1. The summed E-state index contributed by atoms with van der Waals surface area (Å²) in [5.41, 5.74) is -0.481. The Balaban J connectivity index is 3.12. The van der Waals surface area contributed by atoms with Gasteiger partial charge in [0.2, 0.25) is 5.43 Å². The van der Waals surface area contributed by atoms with Crippen LogP contribution in [0.2, 0.25) is 0 Å². The third kappa shape index (κ3) is 1.61. The molecule has 15 heavy (non-hydrogen) atoms. The van der Waals surface area contributed by atoms with E-state index in [0.717, 1.165) is 6.07 Å². The van der Waals surface area contributed by atoms with Crippen molar-refractivity contribution in [2.75, 3.05) is 0 Å². The van der Waals surface area contributed by atoms with E-state index in [0.29, 0.717) is 0 Å². The van der Waals surface area contributed by atoms with Crippen molar-refractivity contribution >= 4 is 42.8 Å². The highest BCUT2D eigenvalue weighted by Gasteiger charge is 2.14. The second kappa shape index (κ2) is 3.68. The fourth-order valence-corrected chi connectivity index (χ4v) is 2.08. The molecular formula is C9H3Br2F2NO. The Labute approximate surface area is 99.6 Å². The summed E-state index contributed by atoms with van der Waals surface area (Å²) < 4.78 is 26.6. The Morgan fingerprint density at radius 2 is 1.87 bits per heavy atom. The van der Waals surface area contributed by atoms with E-state index in [2.05, 4.69) is 36.8 Å². The molecule has 1 aromatic carbocycles. The van der Waals surface area contributed by atoms with Gasteiger partial charge in [0.15, 0.2) is 0 Å². The number of benzene rings is 1. The Morgan fingerprint density at radius 3 is 2.53 bits per heavy atom. The van der Waals surface area contributed by atoms with Crippen LogP contribution in [0, 0.1) is 11.6 Å². The summed E-state index contributed by atoms with van der Waals surface area (Å²) in [4.78, 5) is 14.2. The molecule has 2 rings (SSSR count). The van der Waals surface area contributed by atoms with Gasteiger partial charge in [-0.15, -0.1) is 0 Å². The molecule has 0 radical (unpaired) electrons. The third-order valence-corrected chi connectivity index (χ3v) is 3.32. The first-order valence-corrected chi connectivity index (χ1v) is 5.45. The quantitative estimate of drug-likeness (QED) is 0.734. The summed E-state index contributed by atoms with van der Waals surface area (Å²) in [5.74, 6) is -1.60. The monoisotopic (exact) mass is 337 g/mol. The van der Waals surface area contributed by atoms with Gasteiger partial charge >= 0.3 is 0 Å². The van der Waals surface area contributed by atoms with Crippen LogP contribution in [-0.4, -0.2) is 4.98 Å². The molecule has 1 aromatic heterocycles. The van der Waals surface area contributed by atoms with Gasteiger partial charge in [-0.05, 0) is 31.9 Å². The minimum atomic E-state index is -0.802. The van der Waals surface area contributed by atoms with E-state index in [1.165, 1.54) is 6.20 Å². The lowest BCUT2D eigenvalue weighted by molar-refractivity contribution is 0.586. The van der Waals surface area contributed by atoms with Gasteiger partial charge in [-0.2, -0.15) is 0 Å². The SMILES string of the molecule is O=c1c(Br)c[nH]c2c(F)cc(F)c(Br)c12. The molecule has 1 heterocycles. The van der Waals surface area contributed by atoms with Crippen molar-refractivity contribution in [3.63, 3.8) is 0 Å². The maximum absolute atomic E-state index is 13.3. The standard InChI is InChI=1S/C9H3Br2F2NO/c10-3-2-14-8-5(13)1-4(12)7(11)6(8)9(3)15/h1-2H,(H,14,15). The molecule has 0 bridgehead atoms. The molecule has 0 aliphatic carbocycles. The fourth-order valence-electron chi connectivity index (χ4n) is 1.27. The average Bonchev–Trinajstić information content (AvgIpc) is 2.19. The number of aromatic nitrogens is 1. The largest absolute Gasteiger partial charge is 0.357 e. The number of hydrogen-bond acceptors (Lipinski definition) is 1. The molecule has 0 amide bonds. The molecule has 0 aliphatic rings. The van der Waals surface area contributed by atoms with Crippen LogP contribution in [0.1, 0.15) is 0 Å². The highest BCUT2D eigenvalue weighted by molar-refractivity contribution is 9.11. The molecule has 2 nitrogen and oxygen atoms in total. The van der Waals surface area contributed by atoms with Crippen molar-refractivity contribution in [2.45, 2.75) is 0 Å². The van der Waals surface area contributed by atoms with Gasteiger partial charge in [-0.25, -0.2) is 8.78 Å². The maximum Gasteiger partial charge on any atom is 0.204 e. The minimum Gasteiger partial charge on any atom is -0.357 e. The molecule has 6 heteroatoms. The molecule has 0 aliphatic heterocycles. The lowest BCUT2D eigenvalue weighted by Gasteiger charge is -2.03. The zero-order valence-electron chi connectivity index (χ0n) is 7.07. The van der Waals surface area contributed by atoms with Crippen molar-refractivity contribution in [3.8, 4) is 0 Å². The lowest BCUT2D eigenvalue weighted by Crippen LogP contribution is -2.06. The molecule has 0 atom stereocenters. The van der Waals surface area contributed by atoms with Crippen LogP contribution >= 0.6 is 31.9 Å². The second-order valence-corrected chi connectivity index (χ2v) is 4.52. The van der Waals surface area contributed by atoms with Crippen molar-refractivity contribution < 1.29 is 8.78 Å². The van der Waals surface area contributed by atoms with Crippen LogP contribution < -0.4 is 5.43 Å². The molecule has 2 aromatic rings. The van der Waals surface area contributed by atoms with E-state index < -0.39 is 17.1 Å². The molecular weight excluding hydrogens is 336 g/mol. The predicted octanol–water partition coefficient (Wildman–Crippen LogP) is 3.33. The van der Waals surface area contributed by atoms with Crippen molar-refractivity contribution in [1.82, 2.24) is 4.98 Å². The van der Waals surface area contributed by atoms with Crippen LogP contribution in [0.15, 0.2) is 26.0 Å². The van der Waals surface area contributed by atoms with E-state index in [1.807, 2.05) is 0 Å². The van der Waals surface area contributed by atoms with E-state index >= 15 is 0 Å². The van der Waals surface area contributed by atoms with Crippen molar-refractivity contribution in [2.24, 2.45) is 0 Å². The van der Waals surface area contributed by atoms with Gasteiger partial charge in [0, 0.05) is 12.3 Å². The summed E-state index contributed by atoms with van der Waals surface area (Å²) in [6, 6.07) is 0.719. The van der Waals surface area contributed by atoms with Gasteiger partial charge in [0.25, 0.3) is 0 Å². The van der Waals surface area contributed by atoms with Crippen molar-refractivity contribution in [1.29, 1.82) is 0 Å². The molecule has 0 saturated carbocycles. The zero-order valence-corrected chi connectivity index (χ0v) is 10.2. The zero-order chi connectivity index (χ0) is 11.2. The predicted molar refractivity (Wildman–Crippen MR) is 59.9 cm³/mol. The highest BCUT2D eigenvalue weighted by atomic mass is 79.9. The van der Waals surface area contributed by atoms with E-state index in [9.17, 15) is 13.6 Å². The Bertz CT molecular complexity index is 609. The van der Waals surface area contributed by atoms with Crippen LogP contribution in [0.4, 0.5) is 8.78 Å². The maximum atomic E-state index is 13.3. The first-order valence-electron chi connectivity index (χ1n) is 3.86. The minimum absolute atomic E-state index is 0.0172. The molecule has 1 N–H and O–H groups in total. The summed E-state index contributed by atoms with van der Waals surface area (Å²) in [5, 5.41) is -0.0399. The van der Waals surface area contributed by atoms with Gasteiger partial charge < -0.3 is 4.98 Å². The average molecular weight is 339 g/mol. The first-order chi connectivity index (χ1) is 7.02. The number of hydrogen-bond donors (Lipinski definition) is 1. The van der Waals surface area contributed by atoms with Crippen LogP contribution in [0.3, 0.4) is 0 Å². The number of rotatable bonds is 0. The molecule has 0 spiro atoms. The Kier molecular flexibility index (Phi) is 2.64. The second-order valence-electron chi connectivity index (χ2n) is 2.87. The fraction of sp³-hybridized carbons (Fsp3) is 0. The van der Waals surface area contributed by atoms with Gasteiger partial charge in [-0.1, -0.05) is 0 Å². The summed E-state index contributed by atoms with van der Waals surface area (Å²) >= 11 is 5.91. The summed E-state index contributed by atoms with van der Waals surface area (Å²) in [6.07, 6.45) is 1.32. The van der Waals surface area contributed by atoms with Gasteiger partial charge in [0.1, 0.15) is 11.6 Å². The number of fused-ring (bicyclic) bond motifs is 1. The number of nitrogens with one attached hydrogen (secondary N) is 1. The number of halogens is 4. The summed E-state index contributed by atoms with van der Waals surface area (Å²) in [7, 11) is 0. The normalized spacial score (nSPS) is 10.9. The smallest absolute Gasteiger partial charge is 0.204 e. The van der Waals surface area contributed by atoms with E-state index in [1.54, 1.807) is 0 Å². The Morgan fingerprint density at radius 1 is 1.20 bits per heavy atom. The van der Waals surface area contributed by atoms with E-state index in [4.69, 9.17) is 0 Å². The van der Waals surface area contributed by atoms with Crippen LogP contribution in [-0.2, 0) is 0 Å². The molecule has 0 fully saturated rings. The number of aromatic amines is 1. The van der Waals surface area contributed by atoms with Crippen LogP contribution in [0.25, 0.3) is 10.9 Å². The lowest BCUT2D eigenvalue weighted by atomic mass is 10.2. The van der Waals surface area contributed by atoms with Gasteiger partial charge in [-0.3, -0.25) is 4.79 Å². The number of H-pyrrole nitrogens is 1. The molecule has 78 valence electrons. The molecule has 0 saturated heterocycles. The van der Waals surface area contributed by atoms with E-state index in [-0.39, 0.29) is 19.8 Å². The van der Waals surface area contributed by atoms with Crippen LogP contribution in [0.5, 0.6) is 0 Å². The Hall–Kier alpha value is -0.750. The topological polar surface area (TPSA) is 32.9 Å². The first kappa shape index (κ1) is 10.8. The van der Waals surface area contributed by atoms with Gasteiger partial charge in [0.05, 0.1) is 19.8 Å². The summed E-state index contributed by atoms with van der Waals surface area (Å²) in [6.45, 7) is 0. The van der Waals surface area contributed by atoms with Crippen molar-refractivity contribution in [3.05, 3.63) is 43.1 Å².